The molecule has 1 aromatic rings. The van der Waals surface area contributed by atoms with E-state index in [1.807, 2.05) is 37.8 Å². The normalized spacial score (nSPS) is 10.3. The van der Waals surface area contributed by atoms with E-state index in [1.165, 1.54) is 5.56 Å². The Balaban J connectivity index is 2.53. The highest BCUT2D eigenvalue weighted by molar-refractivity contribution is 5.78. The lowest BCUT2D eigenvalue weighted by molar-refractivity contribution is -0.129. The molecule has 1 N–H and O–H groups in total. The average molecular weight is 264 g/mol. The molecule has 0 aliphatic rings. The number of ether oxygens (including phenoxy) is 1. The van der Waals surface area contributed by atoms with Crippen molar-refractivity contribution in [2.24, 2.45) is 0 Å². The van der Waals surface area contributed by atoms with Crippen LogP contribution in [0.25, 0.3) is 0 Å². The first kappa shape index (κ1) is 15.5. The lowest BCUT2D eigenvalue weighted by atomic mass is 10.1. The summed E-state index contributed by atoms with van der Waals surface area (Å²) in [5.41, 5.74) is 2.27. The van der Waals surface area contributed by atoms with Gasteiger partial charge in [-0.05, 0) is 26.8 Å². The number of hydrogen-bond acceptors (Lipinski definition) is 3. The van der Waals surface area contributed by atoms with Crippen molar-refractivity contribution in [2.75, 3.05) is 26.7 Å². The molecule has 19 heavy (non-hydrogen) atoms. The number of rotatable bonds is 7. The largest absolute Gasteiger partial charge is 0.496 e. The van der Waals surface area contributed by atoms with Gasteiger partial charge in [-0.2, -0.15) is 0 Å². The maximum atomic E-state index is 11.8. The number of carbonyl (C=O) groups is 1. The zero-order valence-corrected chi connectivity index (χ0v) is 12.3. The molecule has 1 amide bonds. The molecule has 4 heteroatoms. The molecule has 0 spiro atoms. The Morgan fingerprint density at radius 1 is 1.32 bits per heavy atom. The molecule has 0 heterocycles. The summed E-state index contributed by atoms with van der Waals surface area (Å²) in [7, 11) is 1.66. The topological polar surface area (TPSA) is 41.6 Å². The van der Waals surface area contributed by atoms with E-state index in [9.17, 15) is 4.79 Å². The van der Waals surface area contributed by atoms with Crippen LogP contribution in [0.1, 0.15) is 25.0 Å². The van der Waals surface area contributed by atoms with Crippen LogP contribution in [-0.4, -0.2) is 37.6 Å². The van der Waals surface area contributed by atoms with Crippen molar-refractivity contribution < 1.29 is 9.53 Å². The van der Waals surface area contributed by atoms with Gasteiger partial charge in [0.25, 0.3) is 0 Å². The quantitative estimate of drug-likeness (QED) is 0.818. The van der Waals surface area contributed by atoms with Gasteiger partial charge in [-0.3, -0.25) is 4.79 Å². The van der Waals surface area contributed by atoms with E-state index in [0.29, 0.717) is 13.1 Å². The highest BCUT2D eigenvalue weighted by atomic mass is 16.5. The van der Waals surface area contributed by atoms with Crippen LogP contribution in [0.4, 0.5) is 0 Å². The molecule has 0 unspecified atom stereocenters. The fourth-order valence-electron chi connectivity index (χ4n) is 2.04. The Labute approximate surface area is 115 Å². The highest BCUT2D eigenvalue weighted by Gasteiger charge is 2.09. The first-order valence-electron chi connectivity index (χ1n) is 6.74. The summed E-state index contributed by atoms with van der Waals surface area (Å²) in [5, 5.41) is 3.18. The van der Waals surface area contributed by atoms with E-state index in [0.717, 1.165) is 24.4 Å². The van der Waals surface area contributed by atoms with Crippen molar-refractivity contribution in [2.45, 2.75) is 27.3 Å². The number of nitrogens with one attached hydrogen (secondary N) is 1. The Kier molecular flexibility index (Phi) is 6.36. The van der Waals surface area contributed by atoms with Crippen molar-refractivity contribution in [3.63, 3.8) is 0 Å². The van der Waals surface area contributed by atoms with Crippen molar-refractivity contribution in [3.05, 3.63) is 29.3 Å². The number of methoxy groups -OCH3 is 1. The molecule has 1 rings (SSSR count). The van der Waals surface area contributed by atoms with Crippen molar-refractivity contribution in [3.8, 4) is 5.75 Å². The van der Waals surface area contributed by atoms with E-state index in [-0.39, 0.29) is 5.91 Å². The predicted molar refractivity (Wildman–Crippen MR) is 77.4 cm³/mol. The van der Waals surface area contributed by atoms with Crippen molar-refractivity contribution in [1.82, 2.24) is 10.2 Å². The molecule has 0 atom stereocenters. The fraction of sp³-hybridized carbons (Fsp3) is 0.533. The first-order valence-corrected chi connectivity index (χ1v) is 6.74. The molecule has 106 valence electrons. The summed E-state index contributed by atoms with van der Waals surface area (Å²) >= 11 is 0. The Morgan fingerprint density at radius 2 is 2.00 bits per heavy atom. The van der Waals surface area contributed by atoms with E-state index in [2.05, 4.69) is 11.4 Å². The maximum absolute atomic E-state index is 11.8. The third-order valence-corrected chi connectivity index (χ3v) is 3.14. The molecule has 0 aliphatic heterocycles. The van der Waals surface area contributed by atoms with Gasteiger partial charge in [-0.15, -0.1) is 0 Å². The number of likely N-dealkylation sites (N-methyl/N-ethyl adjacent to an activating group) is 1. The number of amides is 1. The minimum atomic E-state index is 0.136. The smallest absolute Gasteiger partial charge is 0.236 e. The molecular weight excluding hydrogens is 240 g/mol. The molecule has 1 aromatic carbocycles. The Morgan fingerprint density at radius 3 is 2.58 bits per heavy atom. The minimum absolute atomic E-state index is 0.136. The average Bonchev–Trinajstić information content (AvgIpc) is 2.40. The molecule has 0 saturated heterocycles. The number of nitrogens with zero attached hydrogens (tertiary/aromatic N) is 1. The molecule has 0 saturated carbocycles. The molecule has 0 aromatic heterocycles. The van der Waals surface area contributed by atoms with Crippen LogP contribution in [-0.2, 0) is 11.3 Å². The van der Waals surface area contributed by atoms with Crippen LogP contribution >= 0.6 is 0 Å². The van der Waals surface area contributed by atoms with E-state index < -0.39 is 0 Å². The maximum Gasteiger partial charge on any atom is 0.236 e. The van der Waals surface area contributed by atoms with Crippen LogP contribution < -0.4 is 10.1 Å². The standard InChI is InChI=1S/C15H24N2O2/c1-5-17(6-2)15(18)11-16-10-13-9-12(3)7-8-14(13)19-4/h7-9,16H,5-6,10-11H2,1-4H3. The van der Waals surface area contributed by atoms with Gasteiger partial charge >= 0.3 is 0 Å². The minimum Gasteiger partial charge on any atom is -0.496 e. The molecule has 0 radical (unpaired) electrons. The van der Waals surface area contributed by atoms with Gasteiger partial charge in [0.1, 0.15) is 5.75 Å². The van der Waals surface area contributed by atoms with E-state index in [4.69, 9.17) is 4.74 Å². The van der Waals surface area contributed by atoms with Gasteiger partial charge in [0.15, 0.2) is 0 Å². The van der Waals surface area contributed by atoms with Gasteiger partial charge in [0, 0.05) is 25.2 Å². The zero-order chi connectivity index (χ0) is 14.3. The molecular formula is C15H24N2O2. The molecule has 0 aliphatic carbocycles. The van der Waals surface area contributed by atoms with Crippen molar-refractivity contribution in [1.29, 1.82) is 0 Å². The summed E-state index contributed by atoms with van der Waals surface area (Å²) in [4.78, 5) is 13.7. The SMILES string of the molecule is CCN(CC)C(=O)CNCc1cc(C)ccc1OC. The summed E-state index contributed by atoms with van der Waals surface area (Å²) in [6.45, 7) is 8.53. The third kappa shape index (κ3) is 4.56. The summed E-state index contributed by atoms with van der Waals surface area (Å²) in [6.07, 6.45) is 0. The molecule has 0 fully saturated rings. The molecule has 4 nitrogen and oxygen atoms in total. The Hall–Kier alpha value is -1.55. The number of benzene rings is 1. The van der Waals surface area contributed by atoms with Gasteiger partial charge in [-0.25, -0.2) is 0 Å². The van der Waals surface area contributed by atoms with E-state index in [1.54, 1.807) is 7.11 Å². The number of hydrogen-bond donors (Lipinski definition) is 1. The fourth-order valence-corrected chi connectivity index (χ4v) is 2.04. The van der Waals surface area contributed by atoms with Crippen LogP contribution in [0.3, 0.4) is 0 Å². The van der Waals surface area contributed by atoms with Gasteiger partial charge in [0.05, 0.1) is 13.7 Å². The second-order valence-corrected chi connectivity index (χ2v) is 4.48. The van der Waals surface area contributed by atoms with Crippen molar-refractivity contribution >= 4 is 5.91 Å². The number of carbonyl (C=O) groups excluding carboxylic acids is 1. The summed E-state index contributed by atoms with van der Waals surface area (Å²) in [6, 6.07) is 6.05. The second kappa shape index (κ2) is 7.79. The van der Waals surface area contributed by atoms with Crippen LogP contribution in [0.15, 0.2) is 18.2 Å². The first-order chi connectivity index (χ1) is 9.12. The monoisotopic (exact) mass is 264 g/mol. The van der Waals surface area contributed by atoms with Gasteiger partial charge < -0.3 is 15.0 Å². The highest BCUT2D eigenvalue weighted by Crippen LogP contribution is 2.19. The van der Waals surface area contributed by atoms with Crippen LogP contribution in [0.2, 0.25) is 0 Å². The van der Waals surface area contributed by atoms with E-state index >= 15 is 0 Å². The predicted octanol–water partition coefficient (Wildman–Crippen LogP) is 1.96. The second-order valence-electron chi connectivity index (χ2n) is 4.48. The Bertz CT molecular complexity index is 415. The third-order valence-electron chi connectivity index (χ3n) is 3.14. The lowest BCUT2D eigenvalue weighted by Gasteiger charge is -2.19. The van der Waals surface area contributed by atoms with Gasteiger partial charge in [0.2, 0.25) is 5.91 Å². The zero-order valence-electron chi connectivity index (χ0n) is 12.3. The number of aryl methyl sites for hydroxylation is 1. The van der Waals surface area contributed by atoms with Crippen LogP contribution in [0.5, 0.6) is 5.75 Å². The molecule has 0 bridgehead atoms. The lowest BCUT2D eigenvalue weighted by Crippen LogP contribution is -2.37. The summed E-state index contributed by atoms with van der Waals surface area (Å²) in [5.74, 6) is 0.991. The van der Waals surface area contributed by atoms with Crippen LogP contribution in [0, 0.1) is 6.92 Å². The summed E-state index contributed by atoms with van der Waals surface area (Å²) < 4.78 is 5.31. The van der Waals surface area contributed by atoms with Gasteiger partial charge in [-0.1, -0.05) is 17.7 Å².